The van der Waals surface area contributed by atoms with Crippen LogP contribution in [0.3, 0.4) is 0 Å². The summed E-state index contributed by atoms with van der Waals surface area (Å²) < 4.78 is 12.4. The number of hydrogen-bond acceptors (Lipinski definition) is 7. The quantitative estimate of drug-likeness (QED) is 0.364. The maximum atomic E-state index is 12.8. The number of furan rings is 1. The molecule has 0 fully saturated rings. The number of benzene rings is 2. The first-order valence-electron chi connectivity index (χ1n) is 9.75. The second-order valence-electron chi connectivity index (χ2n) is 7.04. The van der Waals surface area contributed by atoms with Crippen LogP contribution in [0.1, 0.15) is 18.9 Å². The van der Waals surface area contributed by atoms with Crippen molar-refractivity contribution in [3.63, 3.8) is 0 Å². The van der Waals surface area contributed by atoms with Crippen LogP contribution in [-0.4, -0.2) is 27.3 Å². The minimum atomic E-state index is -0.880. The molecule has 0 saturated carbocycles. The number of nitrogens with zero attached hydrogens (tertiary/aromatic N) is 4. The number of carbonyl (C=O) groups is 1. The molecule has 32 heavy (non-hydrogen) atoms. The van der Waals surface area contributed by atoms with E-state index in [-0.39, 0.29) is 11.8 Å². The second-order valence-corrected chi connectivity index (χ2v) is 8.25. The number of halogens is 1. The number of rotatable bonds is 3. The number of fused-ring (bicyclic) bond motifs is 3. The fraction of sp³-hybridized carbons (Fsp3) is 0.130. The molecule has 0 N–H and O–H groups in total. The van der Waals surface area contributed by atoms with Crippen LogP contribution in [0, 0.1) is 0 Å². The number of para-hydroxylation sites is 1. The molecule has 4 aromatic rings. The van der Waals surface area contributed by atoms with E-state index in [4.69, 9.17) is 20.8 Å². The molecule has 1 atom stereocenters. The van der Waals surface area contributed by atoms with Gasteiger partial charge in [-0.25, -0.2) is 0 Å². The van der Waals surface area contributed by atoms with Gasteiger partial charge < -0.3 is 9.15 Å². The van der Waals surface area contributed by atoms with E-state index in [9.17, 15) is 4.79 Å². The molecule has 5 rings (SSSR count). The summed E-state index contributed by atoms with van der Waals surface area (Å²) in [6, 6.07) is 18.4. The Kier molecular flexibility index (Phi) is 5.32. The van der Waals surface area contributed by atoms with E-state index in [1.54, 1.807) is 12.1 Å². The van der Waals surface area contributed by atoms with Crippen LogP contribution in [0.5, 0.6) is 5.88 Å². The molecule has 0 radical (unpaired) electrons. The van der Waals surface area contributed by atoms with E-state index < -0.39 is 6.23 Å². The molecule has 1 amide bonds. The first-order valence-corrected chi connectivity index (χ1v) is 11.4. The number of carbonyl (C=O) groups excluding carboxylic acids is 1. The van der Waals surface area contributed by atoms with Crippen molar-refractivity contribution in [3.05, 3.63) is 71.4 Å². The predicted octanol–water partition coefficient (Wildman–Crippen LogP) is 5.62. The average Bonchev–Trinajstić information content (AvgIpc) is 3.23. The van der Waals surface area contributed by atoms with E-state index >= 15 is 0 Å². The predicted molar refractivity (Wildman–Crippen MR) is 123 cm³/mol. The second kappa shape index (κ2) is 8.29. The molecule has 0 bridgehead atoms. The van der Waals surface area contributed by atoms with Crippen LogP contribution in [0.25, 0.3) is 22.6 Å². The third-order valence-electron chi connectivity index (χ3n) is 5.01. The zero-order valence-corrected chi connectivity index (χ0v) is 18.7. The molecule has 0 unspecified atom stereocenters. The largest absolute Gasteiger partial charge is 0.455 e. The molecule has 0 saturated heterocycles. The van der Waals surface area contributed by atoms with Crippen molar-refractivity contribution in [2.75, 3.05) is 11.2 Å². The zero-order valence-electron chi connectivity index (χ0n) is 17.2. The molecule has 3 heterocycles. The summed E-state index contributed by atoms with van der Waals surface area (Å²) in [7, 11) is 0. The molecule has 7 nitrogen and oxygen atoms in total. The Hall–Kier alpha value is -3.36. The number of ether oxygens (including phenoxy) is 1. The summed E-state index contributed by atoms with van der Waals surface area (Å²) in [6.07, 6.45) is 0.978. The van der Waals surface area contributed by atoms with Gasteiger partial charge in [0.2, 0.25) is 23.2 Å². The minimum Gasteiger partial charge on any atom is -0.455 e. The van der Waals surface area contributed by atoms with Crippen LogP contribution < -0.4 is 9.64 Å². The number of hydrogen-bond donors (Lipinski definition) is 0. The lowest BCUT2D eigenvalue weighted by Crippen LogP contribution is -2.35. The third-order valence-corrected chi connectivity index (χ3v) is 5.79. The van der Waals surface area contributed by atoms with Crippen molar-refractivity contribution < 1.29 is 13.9 Å². The Bertz CT molecular complexity index is 1330. The standard InChI is InChI=1S/C23H17ClN4O3S/c1-13(29)28-17-9-4-3-8-16(17)20-21(25-23(32-2)27-26-20)31-22(28)19-11-10-18(30-19)14-6-5-7-15(24)12-14/h3-12,22H,1-2H3/t22-/m1/s1. The van der Waals surface area contributed by atoms with Gasteiger partial charge in [-0.15, -0.1) is 10.2 Å². The van der Waals surface area contributed by atoms with E-state index in [0.29, 0.717) is 38.6 Å². The molecule has 0 aliphatic carbocycles. The lowest BCUT2D eigenvalue weighted by Gasteiger charge is -2.28. The molecule has 160 valence electrons. The highest BCUT2D eigenvalue weighted by Gasteiger charge is 2.36. The highest BCUT2D eigenvalue weighted by atomic mass is 35.5. The number of thioether (sulfide) groups is 1. The van der Waals surface area contributed by atoms with E-state index in [1.807, 2.05) is 54.8 Å². The van der Waals surface area contributed by atoms with Crippen molar-refractivity contribution in [2.24, 2.45) is 0 Å². The van der Waals surface area contributed by atoms with Gasteiger partial charge in [0.15, 0.2) is 11.5 Å². The average molecular weight is 465 g/mol. The highest BCUT2D eigenvalue weighted by Crippen LogP contribution is 2.44. The summed E-state index contributed by atoms with van der Waals surface area (Å²) >= 11 is 7.49. The van der Waals surface area contributed by atoms with Crippen molar-refractivity contribution in [3.8, 4) is 28.5 Å². The van der Waals surface area contributed by atoms with Gasteiger partial charge in [0, 0.05) is 23.1 Å². The zero-order chi connectivity index (χ0) is 22.2. The molecule has 0 spiro atoms. The molecule has 1 aliphatic heterocycles. The number of anilines is 1. The van der Waals surface area contributed by atoms with Crippen LogP contribution in [-0.2, 0) is 4.79 Å². The Labute approximate surface area is 193 Å². The SMILES string of the molecule is CSc1nnc2c(n1)O[C@H](c1ccc(-c3cccc(Cl)c3)o1)N(C(C)=O)c1ccccc1-2. The van der Waals surface area contributed by atoms with Crippen LogP contribution in [0.2, 0.25) is 5.02 Å². The first kappa shape index (κ1) is 20.5. The molecule has 2 aromatic heterocycles. The summed E-state index contributed by atoms with van der Waals surface area (Å²) in [4.78, 5) is 18.9. The summed E-state index contributed by atoms with van der Waals surface area (Å²) in [5, 5.41) is 9.56. The summed E-state index contributed by atoms with van der Waals surface area (Å²) in [6.45, 7) is 1.48. The fourth-order valence-electron chi connectivity index (χ4n) is 3.61. The topological polar surface area (TPSA) is 81.3 Å². The van der Waals surface area contributed by atoms with Gasteiger partial charge >= 0.3 is 0 Å². The van der Waals surface area contributed by atoms with Crippen LogP contribution in [0.15, 0.2) is 70.2 Å². The van der Waals surface area contributed by atoms with Crippen molar-refractivity contribution in [2.45, 2.75) is 18.3 Å². The van der Waals surface area contributed by atoms with E-state index in [0.717, 1.165) is 5.56 Å². The Balaban J connectivity index is 1.67. The first-order chi connectivity index (χ1) is 15.5. The smallest absolute Gasteiger partial charge is 0.247 e. The molecular formula is C23H17ClN4O3S. The maximum absolute atomic E-state index is 12.8. The highest BCUT2D eigenvalue weighted by molar-refractivity contribution is 7.98. The van der Waals surface area contributed by atoms with Crippen molar-refractivity contribution >= 4 is 35.0 Å². The van der Waals surface area contributed by atoms with E-state index in [2.05, 4.69) is 15.2 Å². The molecule has 1 aliphatic rings. The number of amides is 1. The van der Waals surface area contributed by atoms with E-state index in [1.165, 1.54) is 23.6 Å². The molecule has 9 heteroatoms. The third kappa shape index (κ3) is 3.61. The lowest BCUT2D eigenvalue weighted by atomic mass is 10.1. The normalized spacial score (nSPS) is 14.8. The van der Waals surface area contributed by atoms with Crippen LogP contribution in [0.4, 0.5) is 5.69 Å². The number of aromatic nitrogens is 3. The Morgan fingerprint density at radius 1 is 1.09 bits per heavy atom. The minimum absolute atomic E-state index is 0.214. The van der Waals surface area contributed by atoms with Crippen molar-refractivity contribution in [1.29, 1.82) is 0 Å². The van der Waals surface area contributed by atoms with Crippen LogP contribution >= 0.6 is 23.4 Å². The van der Waals surface area contributed by atoms with Crippen molar-refractivity contribution in [1.82, 2.24) is 15.2 Å². The van der Waals surface area contributed by atoms with Gasteiger partial charge in [-0.2, -0.15) is 4.98 Å². The van der Waals surface area contributed by atoms with Gasteiger partial charge in [-0.05, 0) is 36.6 Å². The van der Waals surface area contributed by atoms with Gasteiger partial charge in [-0.3, -0.25) is 9.69 Å². The Morgan fingerprint density at radius 2 is 1.94 bits per heavy atom. The summed E-state index contributed by atoms with van der Waals surface area (Å²) in [5.74, 6) is 1.13. The fourth-order valence-corrected chi connectivity index (χ4v) is 4.09. The maximum Gasteiger partial charge on any atom is 0.247 e. The van der Waals surface area contributed by atoms with Gasteiger partial charge in [-0.1, -0.05) is 53.7 Å². The summed E-state index contributed by atoms with van der Waals surface area (Å²) in [5.41, 5.74) is 2.63. The lowest BCUT2D eigenvalue weighted by molar-refractivity contribution is -0.118. The van der Waals surface area contributed by atoms with Gasteiger partial charge in [0.25, 0.3) is 0 Å². The molecule has 2 aromatic carbocycles. The molecular weight excluding hydrogens is 448 g/mol. The van der Waals surface area contributed by atoms with Gasteiger partial charge in [0.1, 0.15) is 5.76 Å². The van der Waals surface area contributed by atoms with Gasteiger partial charge in [0.05, 0.1) is 5.69 Å². The monoisotopic (exact) mass is 464 g/mol. The Morgan fingerprint density at radius 3 is 2.72 bits per heavy atom.